The number of fused-ring (bicyclic) bond motifs is 4. The Labute approximate surface area is 276 Å². The van der Waals surface area contributed by atoms with E-state index in [9.17, 15) is 0 Å². The van der Waals surface area contributed by atoms with Gasteiger partial charge in [0.05, 0.1) is 11.4 Å². The van der Waals surface area contributed by atoms with Crippen molar-refractivity contribution in [1.29, 1.82) is 0 Å². The van der Waals surface area contributed by atoms with Crippen molar-refractivity contribution in [2.24, 2.45) is 0 Å². The SMILES string of the molecule is c1ccc(-c2cc(-c3cc(-c4ccc5ccccc5c4)cc(-c4cnc5sc6ccccc6c5c4)c3)nc(-c3ccccc3)n2)cc1. The van der Waals surface area contributed by atoms with Crippen LogP contribution in [0, 0.1) is 0 Å². The highest BCUT2D eigenvalue weighted by Gasteiger charge is 2.15. The summed E-state index contributed by atoms with van der Waals surface area (Å²) in [6, 6.07) is 55.5. The Hall–Kier alpha value is -5.97. The Morgan fingerprint density at radius 1 is 0.383 bits per heavy atom. The molecular formula is C43H27N3S. The Morgan fingerprint density at radius 3 is 1.83 bits per heavy atom. The monoisotopic (exact) mass is 617 g/mol. The van der Waals surface area contributed by atoms with Gasteiger partial charge in [-0.25, -0.2) is 15.0 Å². The molecule has 220 valence electrons. The van der Waals surface area contributed by atoms with Crippen LogP contribution < -0.4 is 0 Å². The first-order valence-electron chi connectivity index (χ1n) is 15.7. The molecule has 0 unspecified atom stereocenters. The summed E-state index contributed by atoms with van der Waals surface area (Å²) in [5.74, 6) is 0.701. The molecule has 0 spiro atoms. The van der Waals surface area contributed by atoms with E-state index in [0.29, 0.717) is 5.82 Å². The number of pyridine rings is 1. The third-order valence-corrected chi connectivity index (χ3v) is 9.80. The summed E-state index contributed by atoms with van der Waals surface area (Å²) < 4.78 is 1.25. The van der Waals surface area contributed by atoms with E-state index in [2.05, 4.69) is 133 Å². The summed E-state index contributed by atoms with van der Waals surface area (Å²) in [6.45, 7) is 0. The lowest BCUT2D eigenvalue weighted by atomic mass is 9.93. The molecule has 0 radical (unpaired) electrons. The molecule has 0 bridgehead atoms. The molecule has 9 aromatic rings. The maximum atomic E-state index is 5.18. The number of hydrogen-bond donors (Lipinski definition) is 0. The average molecular weight is 618 g/mol. The maximum absolute atomic E-state index is 5.18. The van der Waals surface area contributed by atoms with Crippen LogP contribution in [0.15, 0.2) is 164 Å². The van der Waals surface area contributed by atoms with Gasteiger partial charge in [0.1, 0.15) is 4.83 Å². The highest BCUT2D eigenvalue weighted by atomic mass is 32.1. The second kappa shape index (κ2) is 11.4. The van der Waals surface area contributed by atoms with Gasteiger partial charge in [-0.05, 0) is 69.9 Å². The molecule has 0 aliphatic rings. The highest BCUT2D eigenvalue weighted by molar-refractivity contribution is 7.25. The van der Waals surface area contributed by atoms with Gasteiger partial charge in [0.15, 0.2) is 5.82 Å². The van der Waals surface area contributed by atoms with Crippen LogP contribution in [0.3, 0.4) is 0 Å². The minimum absolute atomic E-state index is 0.701. The molecule has 0 N–H and O–H groups in total. The van der Waals surface area contributed by atoms with Crippen LogP contribution in [-0.4, -0.2) is 15.0 Å². The van der Waals surface area contributed by atoms with Gasteiger partial charge in [0.2, 0.25) is 0 Å². The predicted molar refractivity (Wildman–Crippen MR) is 197 cm³/mol. The van der Waals surface area contributed by atoms with Crippen molar-refractivity contribution in [3.05, 3.63) is 164 Å². The van der Waals surface area contributed by atoms with Gasteiger partial charge in [0.25, 0.3) is 0 Å². The lowest BCUT2D eigenvalue weighted by Gasteiger charge is -2.13. The van der Waals surface area contributed by atoms with Crippen molar-refractivity contribution in [1.82, 2.24) is 15.0 Å². The first kappa shape index (κ1) is 27.3. The van der Waals surface area contributed by atoms with Crippen LogP contribution in [0.25, 0.3) is 87.2 Å². The predicted octanol–water partition coefficient (Wildman–Crippen LogP) is 11.7. The van der Waals surface area contributed by atoms with Gasteiger partial charge < -0.3 is 0 Å². The molecule has 3 heterocycles. The third-order valence-electron chi connectivity index (χ3n) is 8.71. The molecule has 0 fully saturated rings. The molecule has 0 amide bonds. The van der Waals surface area contributed by atoms with Crippen LogP contribution in [0.2, 0.25) is 0 Å². The van der Waals surface area contributed by atoms with E-state index >= 15 is 0 Å². The molecule has 4 heteroatoms. The molecule has 9 rings (SSSR count). The van der Waals surface area contributed by atoms with E-state index in [4.69, 9.17) is 15.0 Å². The lowest BCUT2D eigenvalue weighted by Crippen LogP contribution is -1.96. The summed E-state index contributed by atoms with van der Waals surface area (Å²) in [6.07, 6.45) is 2.01. The summed E-state index contributed by atoms with van der Waals surface area (Å²) in [7, 11) is 0. The number of thiophene rings is 1. The van der Waals surface area contributed by atoms with Crippen molar-refractivity contribution < 1.29 is 0 Å². The fourth-order valence-corrected chi connectivity index (χ4v) is 7.34. The second-order valence-corrected chi connectivity index (χ2v) is 12.8. The number of rotatable bonds is 5. The molecule has 47 heavy (non-hydrogen) atoms. The Morgan fingerprint density at radius 2 is 1.02 bits per heavy atom. The zero-order chi connectivity index (χ0) is 31.2. The van der Waals surface area contributed by atoms with Gasteiger partial charge >= 0.3 is 0 Å². The molecular weight excluding hydrogens is 591 g/mol. The van der Waals surface area contributed by atoms with Crippen LogP contribution in [0.1, 0.15) is 0 Å². The van der Waals surface area contributed by atoms with E-state index < -0.39 is 0 Å². The van der Waals surface area contributed by atoms with Crippen molar-refractivity contribution in [2.75, 3.05) is 0 Å². The van der Waals surface area contributed by atoms with E-state index in [1.54, 1.807) is 11.3 Å². The third kappa shape index (κ3) is 5.15. The van der Waals surface area contributed by atoms with Crippen molar-refractivity contribution in [2.45, 2.75) is 0 Å². The maximum Gasteiger partial charge on any atom is 0.160 e. The first-order chi connectivity index (χ1) is 23.2. The van der Waals surface area contributed by atoms with E-state index in [1.807, 2.05) is 30.5 Å². The van der Waals surface area contributed by atoms with Crippen molar-refractivity contribution in [3.8, 4) is 56.2 Å². The Kier molecular flexibility index (Phi) is 6.65. The molecule has 3 aromatic heterocycles. The fourth-order valence-electron chi connectivity index (χ4n) is 6.31. The van der Waals surface area contributed by atoms with Crippen molar-refractivity contribution >= 4 is 42.4 Å². The van der Waals surface area contributed by atoms with Crippen LogP contribution >= 0.6 is 11.3 Å². The highest BCUT2D eigenvalue weighted by Crippen LogP contribution is 2.38. The summed E-state index contributed by atoms with van der Waals surface area (Å²) in [4.78, 5) is 16.2. The van der Waals surface area contributed by atoms with Gasteiger partial charge in [-0.2, -0.15) is 0 Å². The molecule has 0 aliphatic heterocycles. The smallest absolute Gasteiger partial charge is 0.160 e. The number of hydrogen-bond acceptors (Lipinski definition) is 4. The van der Waals surface area contributed by atoms with Crippen LogP contribution in [0.5, 0.6) is 0 Å². The van der Waals surface area contributed by atoms with Gasteiger partial charge in [-0.3, -0.25) is 0 Å². The van der Waals surface area contributed by atoms with E-state index in [-0.39, 0.29) is 0 Å². The molecule has 0 saturated carbocycles. The van der Waals surface area contributed by atoms with Gasteiger partial charge in [-0.1, -0.05) is 115 Å². The zero-order valence-corrected chi connectivity index (χ0v) is 26.2. The Bertz CT molecular complexity index is 2510. The lowest BCUT2D eigenvalue weighted by molar-refractivity contribution is 1.18. The van der Waals surface area contributed by atoms with Gasteiger partial charge in [-0.15, -0.1) is 11.3 Å². The Balaban J connectivity index is 1.28. The van der Waals surface area contributed by atoms with E-state index in [0.717, 1.165) is 55.2 Å². The summed E-state index contributed by atoms with van der Waals surface area (Å²) >= 11 is 1.74. The zero-order valence-electron chi connectivity index (χ0n) is 25.3. The number of benzene rings is 6. The number of aromatic nitrogens is 3. The van der Waals surface area contributed by atoms with Crippen molar-refractivity contribution in [3.63, 3.8) is 0 Å². The molecule has 6 aromatic carbocycles. The quantitative estimate of drug-likeness (QED) is 0.193. The van der Waals surface area contributed by atoms with Gasteiger partial charge in [0, 0.05) is 43.9 Å². The first-order valence-corrected chi connectivity index (χ1v) is 16.5. The fraction of sp³-hybridized carbons (Fsp3) is 0. The summed E-state index contributed by atoms with van der Waals surface area (Å²) in [5, 5.41) is 4.86. The number of nitrogens with zero attached hydrogens (tertiary/aromatic N) is 3. The molecule has 0 aliphatic carbocycles. The minimum Gasteiger partial charge on any atom is -0.245 e. The largest absolute Gasteiger partial charge is 0.245 e. The van der Waals surface area contributed by atoms with Crippen LogP contribution in [0.4, 0.5) is 0 Å². The van der Waals surface area contributed by atoms with Crippen LogP contribution in [-0.2, 0) is 0 Å². The normalized spacial score (nSPS) is 11.4. The van der Waals surface area contributed by atoms with E-state index in [1.165, 1.54) is 26.2 Å². The molecule has 0 saturated heterocycles. The molecule has 0 atom stereocenters. The average Bonchev–Trinajstić information content (AvgIpc) is 3.53. The second-order valence-electron chi connectivity index (χ2n) is 11.7. The molecule has 3 nitrogen and oxygen atoms in total. The standard InChI is InChI=1S/C43H27N3S/c1-3-12-29(13-4-1)39-26-40(46-42(45-39)30-14-5-2-6-15-30)35-23-33(32-20-19-28-11-7-8-16-31(28)21-32)22-34(24-35)36-25-38-37-17-9-10-18-41(37)47-43(38)44-27-36/h1-27H. The minimum atomic E-state index is 0.701. The summed E-state index contributed by atoms with van der Waals surface area (Å²) in [5.41, 5.74) is 9.27. The topological polar surface area (TPSA) is 38.7 Å².